The highest BCUT2D eigenvalue weighted by atomic mass is 19.2. The Morgan fingerprint density at radius 1 is 1.13 bits per heavy atom. The minimum Gasteiger partial charge on any atom is -0.312 e. The Bertz CT molecular complexity index is 361. The normalized spacial score (nSPS) is 15.7. The molecule has 4 heteroatoms. The van der Waals surface area contributed by atoms with Gasteiger partial charge in [0.2, 0.25) is 0 Å². The number of rotatable bonds is 4. The summed E-state index contributed by atoms with van der Waals surface area (Å²) in [5.41, 5.74) is 0.176. The maximum atomic E-state index is 13.1. The van der Waals surface area contributed by atoms with E-state index in [0.29, 0.717) is 5.92 Å². The van der Waals surface area contributed by atoms with Crippen molar-refractivity contribution in [3.05, 3.63) is 35.1 Å². The molecule has 1 N–H and O–H groups in total. The van der Waals surface area contributed by atoms with Gasteiger partial charge in [-0.25, -0.2) is 13.2 Å². The molecule has 1 aliphatic carbocycles. The molecule has 0 aromatic heterocycles. The van der Waals surface area contributed by atoms with E-state index in [0.717, 1.165) is 12.6 Å². The lowest BCUT2D eigenvalue weighted by molar-refractivity contribution is 0.437. The van der Waals surface area contributed by atoms with Crippen molar-refractivity contribution in [3.63, 3.8) is 0 Å². The molecule has 0 heterocycles. The molecule has 1 aromatic carbocycles. The molecule has 2 rings (SSSR count). The summed E-state index contributed by atoms with van der Waals surface area (Å²) in [6, 6.07) is 2.22. The molecule has 1 saturated carbocycles. The van der Waals surface area contributed by atoms with E-state index in [1.165, 1.54) is 18.9 Å². The van der Waals surface area contributed by atoms with Crippen molar-refractivity contribution in [2.24, 2.45) is 5.92 Å². The van der Waals surface area contributed by atoms with Gasteiger partial charge in [0, 0.05) is 12.1 Å². The molecular formula is C11H12F3N. The third kappa shape index (κ3) is 2.50. The first-order chi connectivity index (χ1) is 7.18. The molecule has 0 saturated heterocycles. The van der Waals surface area contributed by atoms with Gasteiger partial charge in [-0.05, 0) is 31.4 Å². The van der Waals surface area contributed by atoms with Crippen LogP contribution >= 0.6 is 0 Å². The Hall–Kier alpha value is -1.03. The number of hydrogen-bond acceptors (Lipinski definition) is 1. The van der Waals surface area contributed by atoms with Gasteiger partial charge in [0.15, 0.2) is 17.5 Å². The molecular weight excluding hydrogens is 203 g/mol. The van der Waals surface area contributed by atoms with E-state index in [1.54, 1.807) is 0 Å². The second kappa shape index (κ2) is 4.23. The van der Waals surface area contributed by atoms with Crippen LogP contribution in [0.4, 0.5) is 13.2 Å². The van der Waals surface area contributed by atoms with Gasteiger partial charge >= 0.3 is 0 Å². The first-order valence-corrected chi connectivity index (χ1v) is 5.01. The van der Waals surface area contributed by atoms with Gasteiger partial charge in [-0.3, -0.25) is 0 Å². The topological polar surface area (TPSA) is 12.0 Å². The van der Waals surface area contributed by atoms with Crippen LogP contribution in [0.25, 0.3) is 0 Å². The zero-order chi connectivity index (χ0) is 10.8. The summed E-state index contributed by atoms with van der Waals surface area (Å²) >= 11 is 0. The van der Waals surface area contributed by atoms with Crippen LogP contribution in [0.5, 0.6) is 0 Å². The van der Waals surface area contributed by atoms with Gasteiger partial charge in [-0.2, -0.15) is 0 Å². The Labute approximate surface area is 86.3 Å². The average molecular weight is 215 g/mol. The van der Waals surface area contributed by atoms with Crippen molar-refractivity contribution in [2.45, 2.75) is 19.4 Å². The lowest BCUT2D eigenvalue weighted by Crippen LogP contribution is -2.17. The quantitative estimate of drug-likeness (QED) is 0.761. The van der Waals surface area contributed by atoms with Gasteiger partial charge in [-0.15, -0.1) is 0 Å². The monoisotopic (exact) mass is 215 g/mol. The first-order valence-electron chi connectivity index (χ1n) is 5.01. The third-order valence-corrected chi connectivity index (χ3v) is 2.56. The van der Waals surface area contributed by atoms with Gasteiger partial charge in [-0.1, -0.05) is 6.07 Å². The van der Waals surface area contributed by atoms with Crippen LogP contribution < -0.4 is 5.32 Å². The fraction of sp³-hybridized carbons (Fsp3) is 0.455. The largest absolute Gasteiger partial charge is 0.312 e. The molecule has 82 valence electrons. The highest BCUT2D eigenvalue weighted by Crippen LogP contribution is 2.27. The standard InChI is InChI=1S/C11H12F3N/c12-9-4-3-8(10(13)11(9)14)6-15-5-7-1-2-7/h3-4,7,15H,1-2,5-6H2. The molecule has 0 aliphatic heterocycles. The smallest absolute Gasteiger partial charge is 0.194 e. The molecule has 1 aromatic rings. The van der Waals surface area contributed by atoms with Gasteiger partial charge in [0.1, 0.15) is 0 Å². The van der Waals surface area contributed by atoms with E-state index in [2.05, 4.69) is 5.32 Å². The second-order valence-electron chi connectivity index (χ2n) is 3.91. The molecule has 1 fully saturated rings. The van der Waals surface area contributed by atoms with E-state index in [1.807, 2.05) is 0 Å². The minimum absolute atomic E-state index is 0.176. The Balaban J connectivity index is 1.97. The zero-order valence-corrected chi connectivity index (χ0v) is 8.19. The molecule has 1 aliphatic rings. The van der Waals surface area contributed by atoms with E-state index in [-0.39, 0.29) is 12.1 Å². The van der Waals surface area contributed by atoms with Crippen molar-refractivity contribution in [2.75, 3.05) is 6.54 Å². The summed E-state index contributed by atoms with van der Waals surface area (Å²) < 4.78 is 38.5. The maximum Gasteiger partial charge on any atom is 0.194 e. The van der Waals surface area contributed by atoms with Gasteiger partial charge in [0.25, 0.3) is 0 Å². The van der Waals surface area contributed by atoms with E-state index < -0.39 is 17.5 Å². The van der Waals surface area contributed by atoms with Crippen molar-refractivity contribution in [3.8, 4) is 0 Å². The lowest BCUT2D eigenvalue weighted by Gasteiger charge is -2.06. The Morgan fingerprint density at radius 3 is 2.53 bits per heavy atom. The van der Waals surface area contributed by atoms with E-state index in [9.17, 15) is 13.2 Å². The van der Waals surface area contributed by atoms with Crippen molar-refractivity contribution < 1.29 is 13.2 Å². The van der Waals surface area contributed by atoms with Crippen LogP contribution in [0.3, 0.4) is 0 Å². The Kier molecular flexibility index (Phi) is 2.95. The van der Waals surface area contributed by atoms with Crippen LogP contribution in [0.15, 0.2) is 12.1 Å². The molecule has 0 atom stereocenters. The molecule has 15 heavy (non-hydrogen) atoms. The highest BCUT2D eigenvalue weighted by molar-refractivity contribution is 5.20. The van der Waals surface area contributed by atoms with E-state index in [4.69, 9.17) is 0 Å². The molecule has 0 amide bonds. The average Bonchev–Trinajstić information content (AvgIpc) is 3.02. The Morgan fingerprint density at radius 2 is 1.87 bits per heavy atom. The third-order valence-electron chi connectivity index (χ3n) is 2.56. The lowest BCUT2D eigenvalue weighted by atomic mass is 10.2. The van der Waals surface area contributed by atoms with Crippen LogP contribution in [0.2, 0.25) is 0 Å². The molecule has 0 spiro atoms. The van der Waals surface area contributed by atoms with Crippen molar-refractivity contribution in [1.29, 1.82) is 0 Å². The molecule has 0 unspecified atom stereocenters. The van der Waals surface area contributed by atoms with Crippen molar-refractivity contribution in [1.82, 2.24) is 5.32 Å². The fourth-order valence-electron chi connectivity index (χ4n) is 1.44. The highest BCUT2D eigenvalue weighted by Gasteiger charge is 2.20. The van der Waals surface area contributed by atoms with E-state index >= 15 is 0 Å². The summed E-state index contributed by atoms with van der Waals surface area (Å²) in [6.45, 7) is 1.07. The summed E-state index contributed by atoms with van der Waals surface area (Å²) in [7, 11) is 0. The van der Waals surface area contributed by atoms with Gasteiger partial charge in [0.05, 0.1) is 0 Å². The number of halogens is 3. The molecule has 1 nitrogen and oxygen atoms in total. The first kappa shape index (κ1) is 10.5. The number of benzene rings is 1. The second-order valence-corrected chi connectivity index (χ2v) is 3.91. The van der Waals surface area contributed by atoms with Crippen LogP contribution in [-0.4, -0.2) is 6.54 Å². The minimum atomic E-state index is -1.39. The van der Waals surface area contributed by atoms with Crippen molar-refractivity contribution >= 4 is 0 Å². The summed E-state index contributed by atoms with van der Waals surface area (Å²) in [4.78, 5) is 0. The predicted octanol–water partition coefficient (Wildman–Crippen LogP) is 2.60. The van der Waals surface area contributed by atoms with Crippen LogP contribution in [0, 0.1) is 23.4 Å². The summed E-state index contributed by atoms with van der Waals surface area (Å²) in [5.74, 6) is -2.93. The molecule has 0 radical (unpaired) electrons. The zero-order valence-electron chi connectivity index (χ0n) is 8.19. The van der Waals surface area contributed by atoms with Crippen LogP contribution in [-0.2, 0) is 6.54 Å². The summed E-state index contributed by atoms with van der Waals surface area (Å²) in [6.07, 6.45) is 2.40. The maximum absolute atomic E-state index is 13.1. The number of hydrogen-bond donors (Lipinski definition) is 1. The summed E-state index contributed by atoms with van der Waals surface area (Å²) in [5, 5.41) is 3.02. The predicted molar refractivity (Wildman–Crippen MR) is 50.7 cm³/mol. The fourth-order valence-corrected chi connectivity index (χ4v) is 1.44. The van der Waals surface area contributed by atoms with Gasteiger partial charge < -0.3 is 5.32 Å². The SMILES string of the molecule is Fc1ccc(CNCC2CC2)c(F)c1F. The van der Waals surface area contributed by atoms with Crippen LogP contribution in [0.1, 0.15) is 18.4 Å². The molecule has 0 bridgehead atoms. The number of nitrogens with one attached hydrogen (secondary N) is 1.